The van der Waals surface area contributed by atoms with Crippen molar-refractivity contribution < 1.29 is 8.81 Å². The molecule has 2 heterocycles. The van der Waals surface area contributed by atoms with Crippen LogP contribution in [0.15, 0.2) is 63.0 Å². The fourth-order valence-corrected chi connectivity index (χ4v) is 4.00. The van der Waals surface area contributed by atoms with Crippen LogP contribution in [0.1, 0.15) is 19.2 Å². The molecule has 4 rings (SSSR count). The molecule has 0 amide bonds. The smallest absolute Gasteiger partial charge is 0.262 e. The lowest BCUT2D eigenvalue weighted by Crippen LogP contribution is -2.23. The van der Waals surface area contributed by atoms with Crippen molar-refractivity contribution in [2.24, 2.45) is 0 Å². The molecule has 5 nitrogen and oxygen atoms in total. The third kappa shape index (κ3) is 4.21. The Labute approximate surface area is 175 Å². The molecule has 0 atom stereocenters. The fourth-order valence-electron chi connectivity index (χ4n) is 2.96. The molecule has 4 aromatic rings. The highest BCUT2D eigenvalue weighted by molar-refractivity contribution is 7.98. The number of rotatable bonds is 6. The summed E-state index contributed by atoms with van der Waals surface area (Å²) in [6.45, 7) is 2.58. The van der Waals surface area contributed by atoms with E-state index in [4.69, 9.17) is 16.0 Å². The Kier molecular flexibility index (Phi) is 5.69. The predicted octanol–water partition coefficient (Wildman–Crippen LogP) is 5.55. The van der Waals surface area contributed by atoms with E-state index in [1.807, 2.05) is 6.92 Å². The number of nitrogens with zero attached hydrogens (tertiary/aromatic N) is 3. The number of fused-ring (bicyclic) bond motifs is 1. The molecule has 0 N–H and O–H groups in total. The third-order valence-electron chi connectivity index (χ3n) is 4.34. The van der Waals surface area contributed by atoms with E-state index in [-0.39, 0.29) is 11.4 Å². The van der Waals surface area contributed by atoms with Gasteiger partial charge in [0.2, 0.25) is 5.89 Å². The molecule has 0 bridgehead atoms. The Morgan fingerprint density at radius 1 is 1.21 bits per heavy atom. The second-order valence-corrected chi connectivity index (χ2v) is 7.81. The zero-order chi connectivity index (χ0) is 20.4. The number of hydrogen-bond donors (Lipinski definition) is 0. The SMILES string of the molecule is CCCn1c(SCc2ncc(-c3ccc(F)cc3)o2)nc2cc(Cl)ccc2c1=O. The molecule has 0 aliphatic rings. The van der Waals surface area contributed by atoms with E-state index in [2.05, 4.69) is 9.97 Å². The van der Waals surface area contributed by atoms with Crippen molar-refractivity contribution in [1.82, 2.24) is 14.5 Å². The van der Waals surface area contributed by atoms with Crippen molar-refractivity contribution >= 4 is 34.3 Å². The van der Waals surface area contributed by atoms with Gasteiger partial charge in [0.15, 0.2) is 10.9 Å². The zero-order valence-electron chi connectivity index (χ0n) is 15.6. The Bertz CT molecular complexity index is 1220. The Morgan fingerprint density at radius 3 is 2.76 bits per heavy atom. The van der Waals surface area contributed by atoms with Crippen molar-refractivity contribution in [3.05, 3.63) is 75.7 Å². The summed E-state index contributed by atoms with van der Waals surface area (Å²) in [7, 11) is 0. The second kappa shape index (κ2) is 8.39. The van der Waals surface area contributed by atoms with Gasteiger partial charge in [0.05, 0.1) is 22.9 Å². The lowest BCUT2D eigenvalue weighted by Gasteiger charge is -2.11. The first-order chi connectivity index (χ1) is 14.0. The molecule has 0 aliphatic carbocycles. The Morgan fingerprint density at radius 2 is 2.00 bits per heavy atom. The van der Waals surface area contributed by atoms with E-state index in [0.717, 1.165) is 12.0 Å². The minimum absolute atomic E-state index is 0.0876. The standard InChI is InChI=1S/C21H17ClFN3O2S/c1-2-9-26-20(27)16-8-5-14(22)10-17(16)25-21(26)29-12-19-24-11-18(28-19)13-3-6-15(23)7-4-13/h3-8,10-11H,2,9,12H2,1H3. The molecule has 0 aliphatic heterocycles. The van der Waals surface area contributed by atoms with Crippen LogP contribution in [0, 0.1) is 5.82 Å². The number of thioether (sulfide) groups is 1. The summed E-state index contributed by atoms with van der Waals surface area (Å²) in [6.07, 6.45) is 2.41. The first-order valence-electron chi connectivity index (χ1n) is 9.08. The van der Waals surface area contributed by atoms with Gasteiger partial charge in [-0.1, -0.05) is 30.3 Å². The van der Waals surface area contributed by atoms with Gasteiger partial charge in [-0.25, -0.2) is 14.4 Å². The largest absolute Gasteiger partial charge is 0.440 e. The van der Waals surface area contributed by atoms with Crippen LogP contribution in [-0.2, 0) is 12.3 Å². The van der Waals surface area contributed by atoms with Gasteiger partial charge >= 0.3 is 0 Å². The van der Waals surface area contributed by atoms with Crippen molar-refractivity contribution in [2.75, 3.05) is 0 Å². The van der Waals surface area contributed by atoms with Gasteiger partial charge in [-0.05, 0) is 48.9 Å². The van der Waals surface area contributed by atoms with Gasteiger partial charge in [0, 0.05) is 17.1 Å². The van der Waals surface area contributed by atoms with Gasteiger partial charge < -0.3 is 4.42 Å². The van der Waals surface area contributed by atoms with Gasteiger partial charge in [0.25, 0.3) is 5.56 Å². The molecule has 0 fully saturated rings. The summed E-state index contributed by atoms with van der Waals surface area (Å²) in [5, 5.41) is 1.67. The monoisotopic (exact) mass is 429 g/mol. The van der Waals surface area contributed by atoms with Crippen LogP contribution in [0.4, 0.5) is 4.39 Å². The predicted molar refractivity (Wildman–Crippen MR) is 113 cm³/mol. The lowest BCUT2D eigenvalue weighted by molar-refractivity contribution is 0.528. The van der Waals surface area contributed by atoms with E-state index in [1.54, 1.807) is 41.1 Å². The van der Waals surface area contributed by atoms with Crippen LogP contribution < -0.4 is 5.56 Å². The van der Waals surface area contributed by atoms with E-state index in [9.17, 15) is 9.18 Å². The quantitative estimate of drug-likeness (QED) is 0.297. The maximum Gasteiger partial charge on any atom is 0.262 e. The number of benzene rings is 2. The summed E-state index contributed by atoms with van der Waals surface area (Å²) in [5.41, 5.74) is 1.23. The molecule has 0 radical (unpaired) electrons. The molecule has 0 saturated heterocycles. The van der Waals surface area contributed by atoms with E-state index in [0.29, 0.717) is 45.0 Å². The van der Waals surface area contributed by atoms with Crippen LogP contribution in [-0.4, -0.2) is 14.5 Å². The van der Waals surface area contributed by atoms with Gasteiger partial charge in [-0.3, -0.25) is 9.36 Å². The molecular formula is C21H17ClFN3O2S. The van der Waals surface area contributed by atoms with E-state index in [1.165, 1.54) is 23.9 Å². The summed E-state index contributed by atoms with van der Waals surface area (Å²) in [4.78, 5) is 21.8. The molecule has 2 aromatic carbocycles. The van der Waals surface area contributed by atoms with Crippen molar-refractivity contribution in [3.8, 4) is 11.3 Å². The number of aromatic nitrogens is 3. The van der Waals surface area contributed by atoms with E-state index >= 15 is 0 Å². The first kappa shape index (κ1) is 19.7. The Hall–Kier alpha value is -2.64. The highest BCUT2D eigenvalue weighted by Crippen LogP contribution is 2.26. The highest BCUT2D eigenvalue weighted by Gasteiger charge is 2.14. The van der Waals surface area contributed by atoms with Crippen LogP contribution in [0.2, 0.25) is 5.02 Å². The number of oxazole rings is 1. The molecular weight excluding hydrogens is 413 g/mol. The van der Waals surface area contributed by atoms with Gasteiger partial charge in [0.1, 0.15) is 5.82 Å². The molecule has 0 unspecified atom stereocenters. The van der Waals surface area contributed by atoms with Crippen molar-refractivity contribution in [1.29, 1.82) is 0 Å². The molecule has 0 spiro atoms. The third-order valence-corrected chi connectivity index (χ3v) is 5.53. The first-order valence-corrected chi connectivity index (χ1v) is 10.4. The van der Waals surface area contributed by atoms with Crippen LogP contribution in [0.5, 0.6) is 0 Å². The van der Waals surface area contributed by atoms with Crippen LogP contribution in [0.3, 0.4) is 0 Å². The maximum atomic E-state index is 13.1. The van der Waals surface area contributed by atoms with E-state index < -0.39 is 0 Å². The second-order valence-electron chi connectivity index (χ2n) is 6.43. The molecule has 148 valence electrons. The summed E-state index contributed by atoms with van der Waals surface area (Å²) >= 11 is 7.44. The summed E-state index contributed by atoms with van der Waals surface area (Å²) < 4.78 is 20.5. The fraction of sp³-hybridized carbons (Fsp3) is 0.190. The summed E-state index contributed by atoms with van der Waals surface area (Å²) in [5.74, 6) is 1.16. The minimum Gasteiger partial charge on any atom is -0.440 e. The average Bonchev–Trinajstić information content (AvgIpc) is 3.18. The average molecular weight is 430 g/mol. The van der Waals surface area contributed by atoms with Crippen molar-refractivity contribution in [2.45, 2.75) is 30.8 Å². The minimum atomic E-state index is -0.305. The van der Waals surface area contributed by atoms with Crippen LogP contribution >= 0.6 is 23.4 Å². The summed E-state index contributed by atoms with van der Waals surface area (Å²) in [6, 6.07) is 11.1. The van der Waals surface area contributed by atoms with Crippen molar-refractivity contribution in [3.63, 3.8) is 0 Å². The highest BCUT2D eigenvalue weighted by atomic mass is 35.5. The van der Waals surface area contributed by atoms with Gasteiger partial charge in [-0.2, -0.15) is 0 Å². The van der Waals surface area contributed by atoms with Crippen LogP contribution in [0.25, 0.3) is 22.2 Å². The lowest BCUT2D eigenvalue weighted by atomic mass is 10.2. The molecule has 29 heavy (non-hydrogen) atoms. The molecule has 2 aromatic heterocycles. The topological polar surface area (TPSA) is 60.9 Å². The zero-order valence-corrected chi connectivity index (χ0v) is 17.1. The number of halogens is 2. The molecule has 0 saturated carbocycles. The number of hydrogen-bond acceptors (Lipinski definition) is 5. The normalized spacial score (nSPS) is 11.3. The maximum absolute atomic E-state index is 13.1. The Balaban J connectivity index is 1.61. The van der Waals surface area contributed by atoms with Gasteiger partial charge in [-0.15, -0.1) is 0 Å². The molecule has 8 heteroatoms.